The first kappa shape index (κ1) is 17.7. The summed E-state index contributed by atoms with van der Waals surface area (Å²) in [4.78, 5) is 11.4. The van der Waals surface area contributed by atoms with E-state index in [1.54, 1.807) is 25.2 Å². The van der Waals surface area contributed by atoms with Crippen molar-refractivity contribution < 1.29 is 17.9 Å². The largest absolute Gasteiger partial charge is 0.465 e. The van der Waals surface area contributed by atoms with E-state index in [4.69, 9.17) is 0 Å². The van der Waals surface area contributed by atoms with Gasteiger partial charge in [0.15, 0.2) is 0 Å². The second kappa shape index (κ2) is 7.61. The van der Waals surface area contributed by atoms with Gasteiger partial charge >= 0.3 is 5.97 Å². The van der Waals surface area contributed by atoms with Crippen LogP contribution >= 0.6 is 0 Å². The lowest BCUT2D eigenvalue weighted by atomic mass is 10.2. The van der Waals surface area contributed by atoms with Crippen LogP contribution in [0.5, 0.6) is 0 Å². The smallest absolute Gasteiger partial charge is 0.337 e. The second-order valence-electron chi connectivity index (χ2n) is 4.59. The fourth-order valence-corrected chi connectivity index (χ4v) is 2.62. The van der Waals surface area contributed by atoms with Crippen molar-refractivity contribution in [2.24, 2.45) is 0 Å². The van der Waals surface area contributed by atoms with Crippen LogP contribution in [0, 0.1) is 0 Å². The van der Waals surface area contributed by atoms with Gasteiger partial charge in [0.1, 0.15) is 0 Å². The van der Waals surface area contributed by atoms with Crippen LogP contribution in [-0.2, 0) is 14.8 Å². The van der Waals surface area contributed by atoms with Gasteiger partial charge in [-0.05, 0) is 44.2 Å². The van der Waals surface area contributed by atoms with E-state index in [9.17, 15) is 13.2 Å². The maximum absolute atomic E-state index is 12.2. The number of sulfonamides is 1. The first-order valence-electron chi connectivity index (χ1n) is 6.49. The van der Waals surface area contributed by atoms with Gasteiger partial charge in [-0.2, -0.15) is 0 Å². The van der Waals surface area contributed by atoms with Gasteiger partial charge in [-0.15, -0.1) is 0 Å². The lowest BCUT2D eigenvalue weighted by molar-refractivity contribution is 0.0600. The van der Waals surface area contributed by atoms with Crippen molar-refractivity contribution in [3.8, 4) is 0 Å². The summed E-state index contributed by atoms with van der Waals surface area (Å²) in [5.41, 5.74) is 1.68. The number of allylic oxidation sites excluding steroid dienone is 5. The number of hydrogen-bond donors (Lipinski definition) is 1. The van der Waals surface area contributed by atoms with E-state index in [0.29, 0.717) is 11.3 Å². The maximum Gasteiger partial charge on any atom is 0.337 e. The number of methoxy groups -OCH3 is 1. The minimum Gasteiger partial charge on any atom is -0.465 e. The van der Waals surface area contributed by atoms with Crippen LogP contribution in [0.4, 0.5) is 0 Å². The van der Waals surface area contributed by atoms with Crippen molar-refractivity contribution >= 4 is 16.0 Å². The molecule has 0 atom stereocenters. The second-order valence-corrected chi connectivity index (χ2v) is 6.27. The number of carbonyl (C=O) groups excluding carboxylic acids is 1. The van der Waals surface area contributed by atoms with Crippen molar-refractivity contribution in [1.29, 1.82) is 0 Å². The van der Waals surface area contributed by atoms with Crippen molar-refractivity contribution in [1.82, 2.24) is 4.72 Å². The van der Waals surface area contributed by atoms with Crippen LogP contribution in [0.2, 0.25) is 0 Å². The van der Waals surface area contributed by atoms with Gasteiger partial charge in [0.25, 0.3) is 10.0 Å². The Hall–Kier alpha value is -2.34. The highest BCUT2D eigenvalue weighted by molar-refractivity contribution is 7.89. The highest BCUT2D eigenvalue weighted by Crippen LogP contribution is 2.12. The molecule has 5 nitrogen and oxygen atoms in total. The molecule has 0 aliphatic carbocycles. The molecule has 0 amide bonds. The summed E-state index contributed by atoms with van der Waals surface area (Å²) in [6.45, 7) is 7.12. The molecule has 0 aromatic heterocycles. The molecule has 118 valence electrons. The van der Waals surface area contributed by atoms with Gasteiger partial charge in [0.2, 0.25) is 0 Å². The Morgan fingerprint density at radius 1 is 1.18 bits per heavy atom. The van der Waals surface area contributed by atoms with Crippen LogP contribution in [0.25, 0.3) is 0 Å². The number of ether oxygens (including phenoxy) is 1. The molecule has 1 rings (SSSR count). The molecular weight excluding hydrogens is 302 g/mol. The molecule has 0 aliphatic rings. The Balaban J connectivity index is 2.95. The fraction of sp³-hybridized carbons (Fsp3) is 0.188. The molecule has 22 heavy (non-hydrogen) atoms. The Kier molecular flexibility index (Phi) is 6.12. The average molecular weight is 321 g/mol. The molecule has 0 spiro atoms. The van der Waals surface area contributed by atoms with Crippen LogP contribution in [0.1, 0.15) is 24.2 Å². The minimum atomic E-state index is -3.69. The summed E-state index contributed by atoms with van der Waals surface area (Å²) in [7, 11) is -2.42. The number of rotatable bonds is 6. The summed E-state index contributed by atoms with van der Waals surface area (Å²) < 4.78 is 31.4. The molecule has 1 N–H and O–H groups in total. The van der Waals surface area contributed by atoms with Gasteiger partial charge in [-0.25, -0.2) is 13.2 Å². The predicted octanol–water partition coefficient (Wildman–Crippen LogP) is 2.79. The average Bonchev–Trinajstić information content (AvgIpc) is 2.51. The van der Waals surface area contributed by atoms with Crippen molar-refractivity contribution in [3.63, 3.8) is 0 Å². The Labute approximate surface area is 131 Å². The van der Waals surface area contributed by atoms with Gasteiger partial charge in [-0.3, -0.25) is 4.72 Å². The summed E-state index contributed by atoms with van der Waals surface area (Å²) in [5, 5.41) is 0. The zero-order valence-corrected chi connectivity index (χ0v) is 13.6. The van der Waals surface area contributed by atoms with Crippen molar-refractivity contribution in [2.75, 3.05) is 7.11 Å². The molecule has 0 aliphatic heterocycles. The molecule has 0 radical (unpaired) electrons. The third kappa shape index (κ3) is 4.89. The topological polar surface area (TPSA) is 72.5 Å². The monoisotopic (exact) mass is 321 g/mol. The molecule has 6 heteroatoms. The van der Waals surface area contributed by atoms with Crippen LogP contribution in [0.15, 0.2) is 65.2 Å². The number of nitrogens with one attached hydrogen (secondary N) is 1. The third-order valence-corrected chi connectivity index (χ3v) is 4.28. The number of benzene rings is 1. The van der Waals surface area contributed by atoms with Gasteiger partial charge in [0.05, 0.1) is 17.6 Å². The fourth-order valence-electron chi connectivity index (χ4n) is 1.52. The molecular formula is C16H19NO4S. The number of carbonyl (C=O) groups is 1. The third-order valence-electron chi connectivity index (χ3n) is 2.80. The minimum absolute atomic E-state index is 0.0670. The van der Waals surface area contributed by atoms with E-state index in [1.807, 2.05) is 6.92 Å². The molecule has 0 bridgehead atoms. The molecule has 0 heterocycles. The lowest BCUT2D eigenvalue weighted by Crippen LogP contribution is -2.21. The van der Waals surface area contributed by atoms with E-state index < -0.39 is 16.0 Å². The molecule has 0 saturated carbocycles. The number of esters is 1. The van der Waals surface area contributed by atoms with Crippen LogP contribution in [-0.4, -0.2) is 21.5 Å². The first-order valence-corrected chi connectivity index (χ1v) is 7.97. The van der Waals surface area contributed by atoms with E-state index >= 15 is 0 Å². The van der Waals surface area contributed by atoms with E-state index in [2.05, 4.69) is 16.0 Å². The maximum atomic E-state index is 12.2. The molecule has 0 unspecified atom stereocenters. The van der Waals surface area contributed by atoms with E-state index in [-0.39, 0.29) is 4.90 Å². The molecule has 1 aromatic carbocycles. The Morgan fingerprint density at radius 2 is 1.77 bits per heavy atom. The first-order chi connectivity index (χ1) is 10.3. The molecule has 0 fully saturated rings. The molecule has 0 saturated heterocycles. The summed E-state index contributed by atoms with van der Waals surface area (Å²) >= 11 is 0. The van der Waals surface area contributed by atoms with Gasteiger partial charge in [0, 0.05) is 5.70 Å². The van der Waals surface area contributed by atoms with Crippen LogP contribution in [0.3, 0.4) is 0 Å². The summed E-state index contributed by atoms with van der Waals surface area (Å²) in [5.74, 6) is -0.516. The quantitative estimate of drug-likeness (QED) is 0.646. The van der Waals surface area contributed by atoms with Crippen molar-refractivity contribution in [2.45, 2.75) is 18.7 Å². The molecule has 1 aromatic rings. The highest BCUT2D eigenvalue weighted by Gasteiger charge is 2.14. The summed E-state index contributed by atoms with van der Waals surface area (Å²) in [6.07, 6.45) is 5.08. The van der Waals surface area contributed by atoms with Gasteiger partial charge in [-0.1, -0.05) is 24.3 Å². The lowest BCUT2D eigenvalue weighted by Gasteiger charge is -2.08. The van der Waals surface area contributed by atoms with Crippen molar-refractivity contribution in [3.05, 3.63) is 65.9 Å². The van der Waals surface area contributed by atoms with E-state index in [1.165, 1.54) is 31.4 Å². The standard InChI is InChI=1S/C16H19NO4S/c1-5-12(2)6-7-13(3)17-22(19,20)15-10-8-14(9-11-15)16(18)21-4/h5-11,17H,1H2,2-4H3. The highest BCUT2D eigenvalue weighted by atomic mass is 32.2. The Morgan fingerprint density at radius 3 is 2.27 bits per heavy atom. The number of hydrogen-bond acceptors (Lipinski definition) is 4. The van der Waals surface area contributed by atoms with E-state index in [0.717, 1.165) is 5.57 Å². The summed E-state index contributed by atoms with van der Waals surface area (Å²) in [6, 6.07) is 5.52. The normalized spacial score (nSPS) is 12.7. The zero-order valence-electron chi connectivity index (χ0n) is 12.8. The SMILES string of the molecule is C=CC(C)=CC=C(C)NS(=O)(=O)c1ccc(C(=O)OC)cc1. The van der Waals surface area contributed by atoms with Crippen LogP contribution < -0.4 is 4.72 Å². The van der Waals surface area contributed by atoms with Gasteiger partial charge < -0.3 is 4.74 Å². The predicted molar refractivity (Wildman–Crippen MR) is 85.8 cm³/mol. The zero-order chi connectivity index (χ0) is 16.8. The Bertz CT molecular complexity index is 713.